The first-order valence-corrected chi connectivity index (χ1v) is 11.7. The van der Waals surface area contributed by atoms with Crippen LogP contribution < -0.4 is 10.1 Å². The number of ether oxygens (including phenoxy) is 1. The van der Waals surface area contributed by atoms with Crippen molar-refractivity contribution < 1.29 is 9.53 Å². The number of thiazole rings is 1. The molecule has 4 rings (SSSR count). The number of rotatable bonds is 10. The summed E-state index contributed by atoms with van der Waals surface area (Å²) in [4.78, 5) is 24.1. The van der Waals surface area contributed by atoms with Crippen molar-refractivity contribution in [1.29, 1.82) is 0 Å². The van der Waals surface area contributed by atoms with Gasteiger partial charge in [-0.15, -0.1) is 11.3 Å². The summed E-state index contributed by atoms with van der Waals surface area (Å²) in [5, 5.41) is 4.95. The van der Waals surface area contributed by atoms with Crippen molar-refractivity contribution in [2.45, 2.75) is 27.0 Å². The van der Waals surface area contributed by atoms with Crippen LogP contribution in [0.25, 0.3) is 11.0 Å². The molecule has 0 aliphatic carbocycles. The number of imidazole rings is 1. The van der Waals surface area contributed by atoms with Crippen LogP contribution in [0, 0.1) is 0 Å². The van der Waals surface area contributed by atoms with Gasteiger partial charge in [0.1, 0.15) is 12.4 Å². The van der Waals surface area contributed by atoms with Gasteiger partial charge >= 0.3 is 0 Å². The number of nitrogens with one attached hydrogen (secondary N) is 1. The molecule has 0 unspecified atom stereocenters. The molecule has 0 atom stereocenters. The maximum atomic E-state index is 12.9. The van der Waals surface area contributed by atoms with E-state index in [0.717, 1.165) is 42.9 Å². The average Bonchev–Trinajstić information content (AvgIpc) is 3.46. The minimum Gasteiger partial charge on any atom is -0.487 e. The Kier molecular flexibility index (Phi) is 7.14. The lowest BCUT2D eigenvalue weighted by atomic mass is 10.2. The number of amides is 1. The van der Waals surface area contributed by atoms with Crippen LogP contribution in [0.2, 0.25) is 0 Å². The first-order valence-electron chi connectivity index (χ1n) is 10.8. The third kappa shape index (κ3) is 5.15. The first kappa shape index (κ1) is 22.0. The van der Waals surface area contributed by atoms with Gasteiger partial charge in [-0.25, -0.2) is 9.97 Å². The van der Waals surface area contributed by atoms with E-state index in [1.54, 1.807) is 29.8 Å². The lowest BCUT2D eigenvalue weighted by molar-refractivity contribution is 0.102. The maximum Gasteiger partial charge on any atom is 0.257 e. The molecule has 0 aliphatic rings. The van der Waals surface area contributed by atoms with Gasteiger partial charge in [0.15, 0.2) is 0 Å². The van der Waals surface area contributed by atoms with Gasteiger partial charge in [0.05, 0.1) is 22.2 Å². The van der Waals surface area contributed by atoms with Gasteiger partial charge in [0.2, 0.25) is 5.95 Å². The molecule has 166 valence electrons. The number of aromatic nitrogens is 3. The Labute approximate surface area is 191 Å². The number of anilines is 1. The number of nitrogens with zero attached hydrogens (tertiary/aromatic N) is 4. The highest BCUT2D eigenvalue weighted by Crippen LogP contribution is 2.21. The normalized spacial score (nSPS) is 11.2. The lowest BCUT2D eigenvalue weighted by Crippen LogP contribution is -2.27. The third-order valence-corrected chi connectivity index (χ3v) is 6.04. The Morgan fingerprint density at radius 3 is 2.62 bits per heavy atom. The molecule has 0 bridgehead atoms. The van der Waals surface area contributed by atoms with E-state index >= 15 is 0 Å². The molecule has 0 fully saturated rings. The minimum atomic E-state index is -0.199. The molecule has 0 saturated carbocycles. The fraction of sp³-hybridized carbons (Fsp3) is 0.292. The zero-order valence-electron chi connectivity index (χ0n) is 18.3. The van der Waals surface area contributed by atoms with E-state index in [1.165, 1.54) is 11.3 Å². The zero-order valence-corrected chi connectivity index (χ0v) is 19.1. The highest BCUT2D eigenvalue weighted by atomic mass is 32.1. The molecule has 7 nitrogen and oxygen atoms in total. The Hall–Kier alpha value is -3.23. The van der Waals surface area contributed by atoms with Crippen LogP contribution in [0.15, 0.2) is 59.4 Å². The van der Waals surface area contributed by atoms with E-state index in [9.17, 15) is 4.79 Å². The molecule has 4 aromatic rings. The number of hydrogen-bond acceptors (Lipinski definition) is 6. The molecule has 2 aromatic carbocycles. The quantitative estimate of drug-likeness (QED) is 0.381. The number of carbonyl (C=O) groups is 1. The molecule has 0 spiro atoms. The molecule has 2 heterocycles. The van der Waals surface area contributed by atoms with Gasteiger partial charge in [0, 0.05) is 24.0 Å². The van der Waals surface area contributed by atoms with Crippen LogP contribution >= 0.6 is 11.3 Å². The maximum absolute atomic E-state index is 12.9. The van der Waals surface area contributed by atoms with E-state index in [2.05, 4.69) is 38.6 Å². The van der Waals surface area contributed by atoms with Crippen molar-refractivity contribution >= 4 is 34.2 Å². The van der Waals surface area contributed by atoms with Crippen LogP contribution in [0.5, 0.6) is 5.75 Å². The largest absolute Gasteiger partial charge is 0.487 e. The second-order valence-corrected chi connectivity index (χ2v) is 8.07. The fourth-order valence-corrected chi connectivity index (χ4v) is 4.06. The van der Waals surface area contributed by atoms with Gasteiger partial charge in [-0.1, -0.05) is 26.0 Å². The molecule has 1 amide bonds. The van der Waals surface area contributed by atoms with Crippen LogP contribution in [0.4, 0.5) is 5.95 Å². The highest BCUT2D eigenvalue weighted by Gasteiger charge is 2.15. The average molecular weight is 450 g/mol. The molecular weight excluding hydrogens is 422 g/mol. The van der Waals surface area contributed by atoms with E-state index in [4.69, 9.17) is 4.74 Å². The molecule has 8 heteroatoms. The Bertz CT molecular complexity index is 1150. The predicted octanol–water partition coefficient (Wildman–Crippen LogP) is 4.67. The summed E-state index contributed by atoms with van der Waals surface area (Å²) in [5.74, 6) is 1.06. The summed E-state index contributed by atoms with van der Waals surface area (Å²) in [6, 6.07) is 15.1. The standard InChI is InChI=1S/C24H27N5O2S/c1-3-28(4-2)13-14-29-22-8-6-5-7-21(22)26-24(29)27-23(30)18-9-11-20(12-10-18)31-15-19-16-32-17-25-19/h5-12,16-17H,3-4,13-15H2,1-2H3,(H,26,27,30). The number of likely N-dealkylation sites (N-methyl/N-ethyl adjacent to an activating group) is 1. The second-order valence-electron chi connectivity index (χ2n) is 7.35. The topological polar surface area (TPSA) is 72.3 Å². The molecular formula is C24H27N5O2S. The molecule has 0 saturated heterocycles. The van der Waals surface area contributed by atoms with E-state index < -0.39 is 0 Å². The van der Waals surface area contributed by atoms with E-state index in [-0.39, 0.29) is 5.91 Å². The van der Waals surface area contributed by atoms with Crippen molar-refractivity contribution in [3.05, 3.63) is 70.7 Å². The van der Waals surface area contributed by atoms with Crippen molar-refractivity contribution in [2.24, 2.45) is 0 Å². The molecule has 2 aromatic heterocycles. The number of fused-ring (bicyclic) bond motifs is 1. The van der Waals surface area contributed by atoms with Crippen LogP contribution in [0.1, 0.15) is 29.9 Å². The van der Waals surface area contributed by atoms with Crippen molar-refractivity contribution in [1.82, 2.24) is 19.4 Å². The zero-order chi connectivity index (χ0) is 22.3. The number of hydrogen-bond donors (Lipinski definition) is 1. The van der Waals surface area contributed by atoms with Crippen molar-refractivity contribution in [2.75, 3.05) is 25.0 Å². The summed E-state index contributed by atoms with van der Waals surface area (Å²) in [6.07, 6.45) is 0. The summed E-state index contributed by atoms with van der Waals surface area (Å²) in [7, 11) is 0. The van der Waals surface area contributed by atoms with Crippen molar-refractivity contribution in [3.8, 4) is 5.75 Å². The van der Waals surface area contributed by atoms with Crippen molar-refractivity contribution in [3.63, 3.8) is 0 Å². The fourth-order valence-electron chi connectivity index (χ4n) is 3.52. The second kappa shape index (κ2) is 10.4. The van der Waals surface area contributed by atoms with Crippen LogP contribution in [-0.2, 0) is 13.2 Å². The van der Waals surface area contributed by atoms with Gasteiger partial charge in [0.25, 0.3) is 5.91 Å². The van der Waals surface area contributed by atoms with E-state index in [1.807, 2.05) is 29.6 Å². The molecule has 0 aliphatic heterocycles. The molecule has 1 N–H and O–H groups in total. The summed E-state index contributed by atoms with van der Waals surface area (Å²) in [6.45, 7) is 8.34. The lowest BCUT2D eigenvalue weighted by Gasteiger charge is -2.19. The summed E-state index contributed by atoms with van der Waals surface area (Å²) in [5.41, 5.74) is 5.10. The molecule has 32 heavy (non-hydrogen) atoms. The summed E-state index contributed by atoms with van der Waals surface area (Å²) >= 11 is 1.54. The van der Waals surface area contributed by atoms with Gasteiger partial charge in [-0.2, -0.15) is 0 Å². The minimum absolute atomic E-state index is 0.199. The predicted molar refractivity (Wildman–Crippen MR) is 128 cm³/mol. The number of benzene rings is 2. The first-order chi connectivity index (χ1) is 15.7. The summed E-state index contributed by atoms with van der Waals surface area (Å²) < 4.78 is 7.81. The van der Waals surface area contributed by atoms with Crippen LogP contribution in [-0.4, -0.2) is 45.0 Å². The number of para-hydroxylation sites is 2. The Balaban J connectivity index is 1.47. The highest BCUT2D eigenvalue weighted by molar-refractivity contribution is 7.07. The third-order valence-electron chi connectivity index (χ3n) is 5.40. The monoisotopic (exact) mass is 449 g/mol. The number of carbonyl (C=O) groups excluding carboxylic acids is 1. The Morgan fingerprint density at radius 1 is 1.12 bits per heavy atom. The Morgan fingerprint density at radius 2 is 1.91 bits per heavy atom. The van der Waals surface area contributed by atoms with Gasteiger partial charge < -0.3 is 14.2 Å². The van der Waals surface area contributed by atoms with Gasteiger partial charge in [-0.3, -0.25) is 10.1 Å². The van der Waals surface area contributed by atoms with Crippen LogP contribution in [0.3, 0.4) is 0 Å². The van der Waals surface area contributed by atoms with E-state index in [0.29, 0.717) is 23.9 Å². The smallest absolute Gasteiger partial charge is 0.257 e. The molecule has 0 radical (unpaired) electrons. The SMILES string of the molecule is CCN(CC)CCn1c(NC(=O)c2ccc(OCc3cscn3)cc2)nc2ccccc21. The van der Waals surface area contributed by atoms with Gasteiger partial charge in [-0.05, 0) is 49.5 Å².